The van der Waals surface area contributed by atoms with Crippen molar-refractivity contribution in [3.8, 4) is 0 Å². The summed E-state index contributed by atoms with van der Waals surface area (Å²) in [6.45, 7) is 5.27. The van der Waals surface area contributed by atoms with Gasteiger partial charge < -0.3 is 5.32 Å². The molecular weight excluding hydrogens is 242 g/mol. The Labute approximate surface area is 114 Å². The summed E-state index contributed by atoms with van der Waals surface area (Å²) in [6.07, 6.45) is 8.49. The second-order valence-electron chi connectivity index (χ2n) is 4.94. The highest BCUT2D eigenvalue weighted by Crippen LogP contribution is 2.31. The molecule has 3 nitrogen and oxygen atoms in total. The van der Waals surface area contributed by atoms with E-state index in [9.17, 15) is 0 Å². The molecule has 0 radical (unpaired) electrons. The lowest BCUT2D eigenvalue weighted by Crippen LogP contribution is -2.37. The molecule has 0 spiro atoms. The lowest BCUT2D eigenvalue weighted by molar-refractivity contribution is 0.482. The molecule has 0 amide bonds. The zero-order valence-corrected chi connectivity index (χ0v) is 12.2. The van der Waals surface area contributed by atoms with Gasteiger partial charge in [0.1, 0.15) is 0 Å². The lowest BCUT2D eigenvalue weighted by atomic mass is 10.1. The van der Waals surface area contributed by atoms with Gasteiger partial charge in [0, 0.05) is 23.2 Å². The van der Waals surface area contributed by atoms with Crippen LogP contribution in [0.25, 0.3) is 0 Å². The first kappa shape index (κ1) is 13.8. The van der Waals surface area contributed by atoms with Crippen LogP contribution in [0.15, 0.2) is 17.4 Å². The normalized spacial score (nSPS) is 24.8. The number of hydrogen-bond donors (Lipinski definition) is 1. The van der Waals surface area contributed by atoms with Crippen molar-refractivity contribution in [1.29, 1.82) is 0 Å². The fourth-order valence-corrected chi connectivity index (χ4v) is 3.80. The van der Waals surface area contributed by atoms with Crippen molar-refractivity contribution in [2.75, 3.05) is 6.54 Å². The van der Waals surface area contributed by atoms with Gasteiger partial charge in [0.05, 0.1) is 0 Å². The van der Waals surface area contributed by atoms with Crippen molar-refractivity contribution in [1.82, 2.24) is 15.3 Å². The van der Waals surface area contributed by atoms with Crippen molar-refractivity contribution in [3.63, 3.8) is 0 Å². The Morgan fingerprint density at radius 2 is 2.17 bits per heavy atom. The largest absolute Gasteiger partial charge is 0.313 e. The molecule has 1 aromatic rings. The molecule has 0 aromatic carbocycles. The molecule has 1 heterocycles. The third-order valence-electron chi connectivity index (χ3n) is 3.45. The second kappa shape index (κ2) is 7.10. The van der Waals surface area contributed by atoms with Gasteiger partial charge in [-0.15, -0.1) is 0 Å². The van der Waals surface area contributed by atoms with Gasteiger partial charge in [0.25, 0.3) is 0 Å². The average Bonchev–Trinajstić information content (AvgIpc) is 2.56. The Kier molecular flexibility index (Phi) is 5.45. The number of thioether (sulfide) groups is 1. The fraction of sp³-hybridized carbons (Fsp3) is 0.714. The Hall–Kier alpha value is -0.610. The highest BCUT2D eigenvalue weighted by molar-refractivity contribution is 7.99. The summed E-state index contributed by atoms with van der Waals surface area (Å²) in [7, 11) is 0. The van der Waals surface area contributed by atoms with Crippen molar-refractivity contribution < 1.29 is 0 Å². The number of aryl methyl sites for hydroxylation is 1. The van der Waals surface area contributed by atoms with E-state index in [1.54, 1.807) is 0 Å². The van der Waals surface area contributed by atoms with E-state index < -0.39 is 0 Å². The molecule has 1 aliphatic carbocycles. The maximum atomic E-state index is 4.52. The van der Waals surface area contributed by atoms with E-state index in [2.05, 4.69) is 22.2 Å². The van der Waals surface area contributed by atoms with Crippen LogP contribution in [0.3, 0.4) is 0 Å². The first-order valence-corrected chi connectivity index (χ1v) is 7.87. The molecule has 100 valence electrons. The summed E-state index contributed by atoms with van der Waals surface area (Å²) >= 11 is 1.86. The summed E-state index contributed by atoms with van der Waals surface area (Å²) in [4.78, 5) is 8.90. The lowest BCUT2D eigenvalue weighted by Gasteiger charge is -2.24. The third kappa shape index (κ3) is 3.95. The molecule has 2 rings (SSSR count). The summed E-state index contributed by atoms with van der Waals surface area (Å²) in [5, 5.41) is 5.19. The van der Waals surface area contributed by atoms with Crippen LogP contribution >= 0.6 is 11.8 Å². The van der Waals surface area contributed by atoms with Gasteiger partial charge in [-0.3, -0.25) is 0 Å². The van der Waals surface area contributed by atoms with E-state index in [-0.39, 0.29) is 0 Å². The van der Waals surface area contributed by atoms with E-state index in [4.69, 9.17) is 0 Å². The number of rotatable bonds is 4. The summed E-state index contributed by atoms with van der Waals surface area (Å²) in [5.41, 5.74) is 1.06. The number of nitrogens with one attached hydrogen (secondary N) is 1. The molecule has 1 fully saturated rings. The molecule has 4 heteroatoms. The van der Waals surface area contributed by atoms with E-state index in [0.29, 0.717) is 11.3 Å². The number of aromatic nitrogens is 2. The zero-order valence-electron chi connectivity index (χ0n) is 11.4. The highest BCUT2D eigenvalue weighted by atomic mass is 32.2. The van der Waals surface area contributed by atoms with E-state index >= 15 is 0 Å². The number of nitrogens with zero attached hydrogens (tertiary/aromatic N) is 2. The minimum Gasteiger partial charge on any atom is -0.313 e. The summed E-state index contributed by atoms with van der Waals surface area (Å²) in [5.74, 6) is 0. The van der Waals surface area contributed by atoms with Gasteiger partial charge in [-0.2, -0.15) is 0 Å². The van der Waals surface area contributed by atoms with E-state index in [0.717, 1.165) is 17.4 Å². The molecule has 0 saturated heterocycles. The third-order valence-corrected chi connectivity index (χ3v) is 4.72. The molecule has 1 saturated carbocycles. The Morgan fingerprint density at radius 1 is 1.33 bits per heavy atom. The summed E-state index contributed by atoms with van der Waals surface area (Å²) in [6, 6.07) is 2.57. The van der Waals surface area contributed by atoms with Gasteiger partial charge >= 0.3 is 0 Å². The van der Waals surface area contributed by atoms with E-state index in [1.807, 2.05) is 30.9 Å². The van der Waals surface area contributed by atoms with Crippen LogP contribution in [-0.4, -0.2) is 27.8 Å². The first-order chi connectivity index (χ1) is 8.79. The van der Waals surface area contributed by atoms with Gasteiger partial charge in [-0.05, 0) is 32.4 Å². The van der Waals surface area contributed by atoms with Crippen LogP contribution in [0.4, 0.5) is 0 Å². The van der Waals surface area contributed by atoms with Crippen LogP contribution in [0.5, 0.6) is 0 Å². The van der Waals surface area contributed by atoms with Crippen molar-refractivity contribution in [2.45, 2.75) is 62.4 Å². The van der Waals surface area contributed by atoms with Crippen LogP contribution in [0, 0.1) is 6.92 Å². The zero-order chi connectivity index (χ0) is 12.8. The predicted octanol–water partition coefficient (Wildman–Crippen LogP) is 3.19. The van der Waals surface area contributed by atoms with Crippen LogP contribution in [-0.2, 0) is 0 Å². The predicted molar refractivity (Wildman–Crippen MR) is 77.0 cm³/mol. The maximum Gasteiger partial charge on any atom is 0.188 e. The second-order valence-corrected chi connectivity index (χ2v) is 6.15. The smallest absolute Gasteiger partial charge is 0.188 e. The van der Waals surface area contributed by atoms with Crippen molar-refractivity contribution >= 4 is 11.8 Å². The van der Waals surface area contributed by atoms with Gasteiger partial charge in [-0.25, -0.2) is 9.97 Å². The standard InChI is InChI=1S/C14H23N3S/c1-3-15-12-7-5-4-6-8-13(12)18-14-16-10-9-11(2)17-14/h9-10,12-13,15H,3-8H2,1-2H3. The minimum atomic E-state index is 0.617. The molecule has 0 aliphatic heterocycles. The van der Waals surface area contributed by atoms with Crippen LogP contribution < -0.4 is 5.32 Å². The summed E-state index contributed by atoms with van der Waals surface area (Å²) < 4.78 is 0. The van der Waals surface area contributed by atoms with Gasteiger partial charge in [0.15, 0.2) is 5.16 Å². The molecule has 1 N–H and O–H groups in total. The fourth-order valence-electron chi connectivity index (χ4n) is 2.53. The first-order valence-electron chi connectivity index (χ1n) is 6.99. The minimum absolute atomic E-state index is 0.617. The molecule has 1 aliphatic rings. The Morgan fingerprint density at radius 3 is 2.94 bits per heavy atom. The monoisotopic (exact) mass is 265 g/mol. The van der Waals surface area contributed by atoms with Gasteiger partial charge in [-0.1, -0.05) is 37.9 Å². The molecule has 0 bridgehead atoms. The molecule has 1 aromatic heterocycles. The quantitative estimate of drug-likeness (QED) is 0.670. The topological polar surface area (TPSA) is 37.8 Å². The Bertz CT molecular complexity index is 370. The molecule has 2 atom stereocenters. The Balaban J connectivity index is 2.03. The highest BCUT2D eigenvalue weighted by Gasteiger charge is 2.24. The SMILES string of the molecule is CCNC1CCCCCC1Sc1nccc(C)n1. The van der Waals surface area contributed by atoms with E-state index in [1.165, 1.54) is 32.1 Å². The maximum absolute atomic E-state index is 4.52. The van der Waals surface area contributed by atoms with Crippen LogP contribution in [0.1, 0.15) is 44.7 Å². The van der Waals surface area contributed by atoms with Crippen molar-refractivity contribution in [2.24, 2.45) is 0 Å². The molecule has 2 unspecified atom stereocenters. The number of hydrogen-bond acceptors (Lipinski definition) is 4. The molecular formula is C14H23N3S. The van der Waals surface area contributed by atoms with Crippen molar-refractivity contribution in [3.05, 3.63) is 18.0 Å². The molecule has 18 heavy (non-hydrogen) atoms. The van der Waals surface area contributed by atoms with Gasteiger partial charge in [0.2, 0.25) is 0 Å². The van der Waals surface area contributed by atoms with Crippen LogP contribution in [0.2, 0.25) is 0 Å². The average molecular weight is 265 g/mol.